The van der Waals surface area contributed by atoms with Gasteiger partial charge in [-0.15, -0.1) is 24.0 Å². The topological polar surface area (TPSA) is 84.3 Å². The number of ether oxygens (including phenoxy) is 3. The van der Waals surface area contributed by atoms with Crippen LogP contribution in [0.1, 0.15) is 19.8 Å². The Kier molecular flexibility index (Phi) is 14.0. The zero-order valence-corrected chi connectivity index (χ0v) is 20.4. The van der Waals surface area contributed by atoms with Gasteiger partial charge in [0.15, 0.2) is 5.96 Å². The average molecular weight is 562 g/mol. The van der Waals surface area contributed by atoms with Crippen LogP contribution >= 0.6 is 47.2 Å². The molecule has 1 aliphatic rings. The lowest BCUT2D eigenvalue weighted by Crippen LogP contribution is -2.39. The lowest BCUT2D eigenvalue weighted by atomic mass is 10.3. The summed E-state index contributed by atoms with van der Waals surface area (Å²) in [5.41, 5.74) is 0. The summed E-state index contributed by atoms with van der Waals surface area (Å²) >= 11 is 12.0. The van der Waals surface area contributed by atoms with Crippen molar-refractivity contribution in [2.24, 2.45) is 4.99 Å². The molecule has 2 unspecified atom stereocenters. The van der Waals surface area contributed by atoms with Gasteiger partial charge in [0.05, 0.1) is 24.3 Å². The maximum atomic E-state index is 10.1. The van der Waals surface area contributed by atoms with Crippen molar-refractivity contribution in [1.82, 2.24) is 10.6 Å². The number of rotatable bonds is 11. The summed E-state index contributed by atoms with van der Waals surface area (Å²) in [6.07, 6.45) is 1.29. The molecule has 1 saturated heterocycles. The smallest absolute Gasteiger partial charge is 0.191 e. The van der Waals surface area contributed by atoms with Crippen LogP contribution in [0.4, 0.5) is 0 Å². The first-order valence-electron chi connectivity index (χ1n) is 9.56. The van der Waals surface area contributed by atoms with E-state index in [0.29, 0.717) is 35.0 Å². The number of nitrogens with one attached hydrogen (secondary N) is 2. The molecule has 0 bridgehead atoms. The summed E-state index contributed by atoms with van der Waals surface area (Å²) in [7, 11) is 0. The molecule has 1 heterocycles. The monoisotopic (exact) mass is 561 g/mol. The van der Waals surface area contributed by atoms with E-state index < -0.39 is 6.10 Å². The van der Waals surface area contributed by atoms with E-state index in [-0.39, 0.29) is 43.2 Å². The number of aliphatic hydroxyl groups is 1. The summed E-state index contributed by atoms with van der Waals surface area (Å²) in [6.45, 7) is 5.87. The second-order valence-corrected chi connectivity index (χ2v) is 7.16. The Morgan fingerprint density at radius 1 is 1.38 bits per heavy atom. The highest BCUT2D eigenvalue weighted by Crippen LogP contribution is 2.31. The first-order chi connectivity index (χ1) is 13.6. The van der Waals surface area contributed by atoms with Gasteiger partial charge >= 0.3 is 0 Å². The molecule has 0 saturated carbocycles. The molecule has 0 amide bonds. The summed E-state index contributed by atoms with van der Waals surface area (Å²) in [5.74, 6) is 1.08. The van der Waals surface area contributed by atoms with E-state index in [1.807, 2.05) is 6.92 Å². The molecule has 166 valence electrons. The van der Waals surface area contributed by atoms with Crippen LogP contribution < -0.4 is 15.4 Å². The fourth-order valence-corrected chi connectivity index (χ4v) is 2.89. The maximum absolute atomic E-state index is 10.1. The van der Waals surface area contributed by atoms with Gasteiger partial charge in [-0.05, 0) is 31.9 Å². The van der Waals surface area contributed by atoms with Gasteiger partial charge in [-0.3, -0.25) is 4.99 Å². The molecule has 10 heteroatoms. The molecule has 1 fully saturated rings. The summed E-state index contributed by atoms with van der Waals surface area (Å²) < 4.78 is 16.5. The van der Waals surface area contributed by atoms with Crippen LogP contribution in [0.2, 0.25) is 10.0 Å². The normalized spacial score (nSPS) is 17.5. The first-order valence-corrected chi connectivity index (χ1v) is 10.3. The highest BCUT2D eigenvalue weighted by Gasteiger charge is 2.15. The Morgan fingerprint density at radius 3 is 2.93 bits per heavy atom. The molecule has 1 aromatic carbocycles. The highest BCUT2D eigenvalue weighted by molar-refractivity contribution is 14.0. The third kappa shape index (κ3) is 10.4. The number of hydrogen-bond donors (Lipinski definition) is 3. The molecular weight excluding hydrogens is 532 g/mol. The number of aliphatic imine (C=N–C) groups is 1. The molecule has 7 nitrogen and oxygen atoms in total. The molecule has 29 heavy (non-hydrogen) atoms. The van der Waals surface area contributed by atoms with E-state index in [1.165, 1.54) is 0 Å². The number of guanidine groups is 1. The summed E-state index contributed by atoms with van der Waals surface area (Å²) in [5, 5.41) is 17.2. The Bertz CT molecular complexity index is 619. The highest BCUT2D eigenvalue weighted by atomic mass is 127. The van der Waals surface area contributed by atoms with Gasteiger partial charge in [-0.1, -0.05) is 29.3 Å². The molecule has 3 N–H and O–H groups in total. The van der Waals surface area contributed by atoms with E-state index in [2.05, 4.69) is 15.6 Å². The zero-order valence-electron chi connectivity index (χ0n) is 16.5. The maximum Gasteiger partial charge on any atom is 0.191 e. The average Bonchev–Trinajstić information content (AvgIpc) is 3.20. The van der Waals surface area contributed by atoms with Crippen molar-refractivity contribution in [3.8, 4) is 5.75 Å². The molecule has 1 aliphatic heterocycles. The van der Waals surface area contributed by atoms with Crippen molar-refractivity contribution in [3.63, 3.8) is 0 Å². The fraction of sp³-hybridized carbons (Fsp3) is 0.632. The number of hydrogen-bond acceptors (Lipinski definition) is 5. The van der Waals surface area contributed by atoms with Gasteiger partial charge in [0.2, 0.25) is 0 Å². The second-order valence-electron chi connectivity index (χ2n) is 6.37. The number of aliphatic hydroxyl groups excluding tert-OH is 1. The van der Waals surface area contributed by atoms with Crippen LogP contribution in [0, 0.1) is 0 Å². The molecule has 0 aliphatic carbocycles. The summed E-state index contributed by atoms with van der Waals surface area (Å²) in [6, 6.07) is 5.12. The molecule has 0 aromatic heterocycles. The van der Waals surface area contributed by atoms with Crippen LogP contribution in [-0.2, 0) is 9.47 Å². The molecule has 0 radical (unpaired) electrons. The van der Waals surface area contributed by atoms with Gasteiger partial charge in [0.25, 0.3) is 0 Å². The number of nitrogens with zero attached hydrogens (tertiary/aromatic N) is 1. The van der Waals surface area contributed by atoms with Crippen molar-refractivity contribution in [2.45, 2.75) is 32.0 Å². The van der Waals surface area contributed by atoms with Crippen LogP contribution in [-0.4, -0.2) is 69.3 Å². The molecular formula is C19H30Cl2IN3O4. The van der Waals surface area contributed by atoms with Crippen LogP contribution in [0.15, 0.2) is 23.2 Å². The standard InChI is InChI=1S/C19H29Cl2N3O4.HI/c1-2-22-19(23-8-4-9-27-15-7-10-26-13-15)24-11-14(25)12-28-17-6-3-5-16(20)18(17)21;/h3,5-6,14-15,25H,2,4,7-13H2,1H3,(H2,22,23,24);1H. The lowest BCUT2D eigenvalue weighted by molar-refractivity contribution is 0.0420. The van der Waals surface area contributed by atoms with E-state index in [9.17, 15) is 5.11 Å². The first kappa shape index (κ1) is 26.5. The van der Waals surface area contributed by atoms with Gasteiger partial charge in [-0.25, -0.2) is 0 Å². The van der Waals surface area contributed by atoms with E-state index in [0.717, 1.165) is 32.5 Å². The van der Waals surface area contributed by atoms with Crippen molar-refractivity contribution in [3.05, 3.63) is 28.2 Å². The molecule has 2 rings (SSSR count). The summed E-state index contributed by atoms with van der Waals surface area (Å²) in [4.78, 5) is 4.39. The van der Waals surface area contributed by atoms with Crippen LogP contribution in [0.3, 0.4) is 0 Å². The van der Waals surface area contributed by atoms with E-state index in [4.69, 9.17) is 37.4 Å². The van der Waals surface area contributed by atoms with Crippen molar-refractivity contribution >= 4 is 53.1 Å². The second kappa shape index (κ2) is 15.3. The Hall–Kier alpha value is -0.520. The Morgan fingerprint density at radius 2 is 2.21 bits per heavy atom. The quantitative estimate of drug-likeness (QED) is 0.167. The minimum atomic E-state index is -0.767. The van der Waals surface area contributed by atoms with E-state index in [1.54, 1.807) is 18.2 Å². The third-order valence-corrected chi connectivity index (χ3v) is 4.81. The van der Waals surface area contributed by atoms with Crippen LogP contribution in [0.5, 0.6) is 5.75 Å². The van der Waals surface area contributed by atoms with Gasteiger partial charge in [-0.2, -0.15) is 0 Å². The van der Waals surface area contributed by atoms with Crippen molar-refractivity contribution in [1.29, 1.82) is 0 Å². The Labute approximate surface area is 199 Å². The predicted octanol–water partition coefficient (Wildman–Crippen LogP) is 3.10. The largest absolute Gasteiger partial charge is 0.489 e. The SMILES string of the molecule is CCNC(=NCC(O)COc1cccc(Cl)c1Cl)NCCCOC1CCOC1.I. The Balaban J connectivity index is 0.00000420. The minimum Gasteiger partial charge on any atom is -0.489 e. The molecule has 0 spiro atoms. The lowest BCUT2D eigenvalue weighted by Gasteiger charge is -2.15. The van der Waals surface area contributed by atoms with E-state index >= 15 is 0 Å². The van der Waals surface area contributed by atoms with Crippen LogP contribution in [0.25, 0.3) is 0 Å². The van der Waals surface area contributed by atoms with Gasteiger partial charge < -0.3 is 30.0 Å². The van der Waals surface area contributed by atoms with Crippen molar-refractivity contribution in [2.75, 3.05) is 46.1 Å². The fourth-order valence-electron chi connectivity index (χ4n) is 2.55. The number of benzene rings is 1. The number of halogens is 3. The van der Waals surface area contributed by atoms with Gasteiger partial charge in [0.1, 0.15) is 23.5 Å². The molecule has 1 aromatic rings. The van der Waals surface area contributed by atoms with Gasteiger partial charge in [0, 0.05) is 26.3 Å². The predicted molar refractivity (Wildman–Crippen MR) is 127 cm³/mol. The molecule has 2 atom stereocenters. The minimum absolute atomic E-state index is 0. The zero-order chi connectivity index (χ0) is 20.2. The van der Waals surface area contributed by atoms with Crippen molar-refractivity contribution < 1.29 is 19.3 Å². The third-order valence-electron chi connectivity index (χ3n) is 4.01.